The molecule has 1 saturated heterocycles. The van der Waals surface area contributed by atoms with Crippen LogP contribution in [0.5, 0.6) is 0 Å². The van der Waals surface area contributed by atoms with Gasteiger partial charge in [0.25, 0.3) is 0 Å². The summed E-state index contributed by atoms with van der Waals surface area (Å²) >= 11 is 1.48. The van der Waals surface area contributed by atoms with E-state index in [1.54, 1.807) is 11.4 Å². The zero-order valence-corrected chi connectivity index (χ0v) is 14.3. The molecule has 5 nitrogen and oxygen atoms in total. The minimum atomic E-state index is -3.45. The minimum Gasteiger partial charge on any atom is -0.381 e. The first-order chi connectivity index (χ1) is 9.95. The van der Waals surface area contributed by atoms with Crippen LogP contribution in [0.1, 0.15) is 38.0 Å². The molecule has 1 aromatic heterocycles. The number of hydrogen-bond acceptors (Lipinski definition) is 5. The number of ether oxygens (including phenoxy) is 1. The first kappa shape index (κ1) is 16.9. The highest BCUT2D eigenvalue weighted by molar-refractivity contribution is 7.89. The summed E-state index contributed by atoms with van der Waals surface area (Å²) in [6.07, 6.45) is 2.49. The zero-order valence-electron chi connectivity index (χ0n) is 12.6. The molecule has 7 heteroatoms. The van der Waals surface area contributed by atoms with Crippen LogP contribution in [0.25, 0.3) is 0 Å². The Morgan fingerprint density at radius 2 is 2.10 bits per heavy atom. The van der Waals surface area contributed by atoms with E-state index < -0.39 is 15.6 Å². The molecule has 0 aromatic carbocycles. The number of thiophene rings is 1. The standard InChI is InChI=1S/C14H24N2O3S2/c1-3-6-15-10-12-9-13(11-20-12)21(17,18)16-14(2)4-7-19-8-5-14/h9,11,15-16H,3-8,10H2,1-2H3. The Hall–Kier alpha value is -0.470. The first-order valence-electron chi connectivity index (χ1n) is 7.35. The molecule has 2 heterocycles. The molecule has 21 heavy (non-hydrogen) atoms. The summed E-state index contributed by atoms with van der Waals surface area (Å²) < 4.78 is 33.1. The van der Waals surface area contributed by atoms with Crippen molar-refractivity contribution in [3.8, 4) is 0 Å². The summed E-state index contributed by atoms with van der Waals surface area (Å²) in [5, 5.41) is 5.00. The van der Waals surface area contributed by atoms with Gasteiger partial charge in [-0.15, -0.1) is 11.3 Å². The molecule has 1 fully saturated rings. The molecular weight excluding hydrogens is 308 g/mol. The maximum atomic E-state index is 12.5. The summed E-state index contributed by atoms with van der Waals surface area (Å²) in [7, 11) is -3.45. The van der Waals surface area contributed by atoms with Crippen molar-refractivity contribution >= 4 is 21.4 Å². The van der Waals surface area contributed by atoms with Crippen molar-refractivity contribution in [2.24, 2.45) is 0 Å². The van der Waals surface area contributed by atoms with E-state index in [0.29, 0.717) is 31.0 Å². The molecule has 1 aliphatic rings. The third-order valence-electron chi connectivity index (χ3n) is 3.64. The van der Waals surface area contributed by atoms with Gasteiger partial charge in [0.05, 0.1) is 4.90 Å². The maximum absolute atomic E-state index is 12.5. The Balaban J connectivity index is 2.02. The summed E-state index contributed by atoms with van der Waals surface area (Å²) in [5.41, 5.74) is -0.403. The monoisotopic (exact) mass is 332 g/mol. The van der Waals surface area contributed by atoms with Gasteiger partial charge in [-0.2, -0.15) is 0 Å². The van der Waals surface area contributed by atoms with Gasteiger partial charge in [0.15, 0.2) is 0 Å². The van der Waals surface area contributed by atoms with Crippen LogP contribution >= 0.6 is 11.3 Å². The Morgan fingerprint density at radius 1 is 1.38 bits per heavy atom. The highest BCUT2D eigenvalue weighted by Crippen LogP contribution is 2.25. The Morgan fingerprint density at radius 3 is 2.76 bits per heavy atom. The van der Waals surface area contributed by atoms with E-state index in [0.717, 1.165) is 24.4 Å². The second-order valence-corrected chi connectivity index (χ2v) is 8.38. The maximum Gasteiger partial charge on any atom is 0.241 e. The summed E-state index contributed by atoms with van der Waals surface area (Å²) in [5.74, 6) is 0. The van der Waals surface area contributed by atoms with Crippen LogP contribution in [0.4, 0.5) is 0 Å². The average molecular weight is 332 g/mol. The lowest BCUT2D eigenvalue weighted by atomic mass is 9.94. The van der Waals surface area contributed by atoms with Crippen LogP contribution < -0.4 is 10.0 Å². The predicted octanol–water partition coefficient (Wildman–Crippen LogP) is 2.10. The molecule has 2 rings (SSSR count). The Kier molecular flexibility index (Phi) is 5.79. The lowest BCUT2D eigenvalue weighted by Crippen LogP contribution is -2.49. The quantitative estimate of drug-likeness (QED) is 0.750. The van der Waals surface area contributed by atoms with Crippen molar-refractivity contribution in [2.75, 3.05) is 19.8 Å². The first-order valence-corrected chi connectivity index (χ1v) is 9.71. The molecular formula is C14H24N2O3S2. The molecule has 0 bridgehead atoms. The van der Waals surface area contributed by atoms with E-state index in [1.165, 1.54) is 11.3 Å². The fraction of sp³-hybridized carbons (Fsp3) is 0.714. The molecule has 2 N–H and O–H groups in total. The fourth-order valence-corrected chi connectivity index (χ4v) is 5.00. The largest absolute Gasteiger partial charge is 0.381 e. The smallest absolute Gasteiger partial charge is 0.241 e. The molecule has 0 atom stereocenters. The van der Waals surface area contributed by atoms with Gasteiger partial charge in [0.1, 0.15) is 0 Å². The molecule has 0 saturated carbocycles. The van der Waals surface area contributed by atoms with E-state index >= 15 is 0 Å². The molecule has 0 unspecified atom stereocenters. The average Bonchev–Trinajstić information content (AvgIpc) is 2.88. The highest BCUT2D eigenvalue weighted by Gasteiger charge is 2.32. The number of sulfonamides is 1. The molecule has 0 aliphatic carbocycles. The molecule has 0 spiro atoms. The van der Waals surface area contributed by atoms with Gasteiger partial charge in [-0.05, 0) is 38.8 Å². The van der Waals surface area contributed by atoms with Crippen molar-refractivity contribution in [3.63, 3.8) is 0 Å². The Bertz CT molecular complexity index is 548. The van der Waals surface area contributed by atoms with Crippen LogP contribution in [-0.2, 0) is 21.3 Å². The van der Waals surface area contributed by atoms with Crippen molar-refractivity contribution in [1.29, 1.82) is 0 Å². The van der Waals surface area contributed by atoms with Gasteiger partial charge in [0, 0.05) is 35.6 Å². The van der Waals surface area contributed by atoms with E-state index in [9.17, 15) is 8.42 Å². The lowest BCUT2D eigenvalue weighted by Gasteiger charge is -2.33. The summed E-state index contributed by atoms with van der Waals surface area (Å²) in [6, 6.07) is 1.76. The minimum absolute atomic E-state index is 0.369. The predicted molar refractivity (Wildman–Crippen MR) is 85.1 cm³/mol. The second kappa shape index (κ2) is 7.19. The van der Waals surface area contributed by atoms with Gasteiger partial charge in [-0.3, -0.25) is 0 Å². The topological polar surface area (TPSA) is 67.4 Å². The van der Waals surface area contributed by atoms with Crippen LogP contribution in [0.2, 0.25) is 0 Å². The molecule has 1 aliphatic heterocycles. The second-order valence-electron chi connectivity index (χ2n) is 5.70. The lowest BCUT2D eigenvalue weighted by molar-refractivity contribution is 0.0537. The third kappa shape index (κ3) is 4.75. The van der Waals surface area contributed by atoms with Gasteiger partial charge >= 0.3 is 0 Å². The van der Waals surface area contributed by atoms with Crippen LogP contribution in [-0.4, -0.2) is 33.7 Å². The van der Waals surface area contributed by atoms with Gasteiger partial charge in [0.2, 0.25) is 10.0 Å². The molecule has 120 valence electrons. The number of rotatable bonds is 7. The van der Waals surface area contributed by atoms with Gasteiger partial charge < -0.3 is 10.1 Å². The zero-order chi connectivity index (χ0) is 15.3. The Labute approximate surface area is 131 Å². The van der Waals surface area contributed by atoms with Crippen molar-refractivity contribution < 1.29 is 13.2 Å². The SMILES string of the molecule is CCCNCc1cc(S(=O)(=O)NC2(C)CCOCC2)cs1. The molecule has 0 amide bonds. The van der Waals surface area contributed by atoms with Crippen LogP contribution in [0.15, 0.2) is 16.3 Å². The van der Waals surface area contributed by atoms with Crippen molar-refractivity contribution in [3.05, 3.63) is 16.3 Å². The van der Waals surface area contributed by atoms with Crippen molar-refractivity contribution in [2.45, 2.75) is 50.1 Å². The molecule has 1 aromatic rings. The summed E-state index contributed by atoms with van der Waals surface area (Å²) in [4.78, 5) is 1.41. The van der Waals surface area contributed by atoms with E-state index in [4.69, 9.17) is 4.74 Å². The van der Waals surface area contributed by atoms with Gasteiger partial charge in [-0.1, -0.05) is 6.92 Å². The molecule has 0 radical (unpaired) electrons. The third-order valence-corrected chi connectivity index (χ3v) is 6.35. The van der Waals surface area contributed by atoms with Crippen LogP contribution in [0.3, 0.4) is 0 Å². The summed E-state index contributed by atoms with van der Waals surface area (Å²) in [6.45, 7) is 6.93. The number of hydrogen-bond donors (Lipinski definition) is 2. The van der Waals surface area contributed by atoms with Gasteiger partial charge in [-0.25, -0.2) is 13.1 Å². The van der Waals surface area contributed by atoms with Crippen molar-refractivity contribution in [1.82, 2.24) is 10.0 Å². The van der Waals surface area contributed by atoms with Crippen LogP contribution in [0, 0.1) is 0 Å². The normalized spacial score (nSPS) is 18.8. The van der Waals surface area contributed by atoms with E-state index in [2.05, 4.69) is 17.0 Å². The van der Waals surface area contributed by atoms with E-state index in [1.807, 2.05) is 6.92 Å². The highest BCUT2D eigenvalue weighted by atomic mass is 32.2. The number of nitrogens with one attached hydrogen (secondary N) is 2. The van der Waals surface area contributed by atoms with E-state index in [-0.39, 0.29) is 0 Å². The fourth-order valence-electron chi connectivity index (χ4n) is 2.29.